The van der Waals surface area contributed by atoms with E-state index < -0.39 is 5.97 Å². The summed E-state index contributed by atoms with van der Waals surface area (Å²) in [5.74, 6) is 0.466. The van der Waals surface area contributed by atoms with Gasteiger partial charge in [0.15, 0.2) is 11.5 Å². The van der Waals surface area contributed by atoms with E-state index in [0.717, 1.165) is 30.6 Å². The molecule has 0 aliphatic rings. The van der Waals surface area contributed by atoms with E-state index in [0.29, 0.717) is 25.5 Å². The molecule has 0 aliphatic carbocycles. The van der Waals surface area contributed by atoms with Crippen molar-refractivity contribution in [1.29, 1.82) is 0 Å². The van der Waals surface area contributed by atoms with Crippen molar-refractivity contribution in [2.45, 2.75) is 20.1 Å². The van der Waals surface area contributed by atoms with Crippen molar-refractivity contribution in [3.05, 3.63) is 85.4 Å². The SMILES string of the molecule is CCOc1cc(CNc2cccc(C(=O)O)c2)cc(I)c1OCc1ccc(Br)cc1. The molecular weight excluding hydrogens is 561 g/mol. The van der Waals surface area contributed by atoms with Gasteiger partial charge in [0.1, 0.15) is 6.61 Å². The molecule has 0 aromatic heterocycles. The van der Waals surface area contributed by atoms with Crippen molar-refractivity contribution in [3.8, 4) is 11.5 Å². The fraction of sp³-hybridized carbons (Fsp3) is 0.174. The summed E-state index contributed by atoms with van der Waals surface area (Å²) in [6.07, 6.45) is 0. The van der Waals surface area contributed by atoms with E-state index in [2.05, 4.69) is 43.8 Å². The zero-order chi connectivity index (χ0) is 21.5. The second-order valence-electron chi connectivity index (χ2n) is 6.49. The molecule has 2 N–H and O–H groups in total. The van der Waals surface area contributed by atoms with Crippen LogP contribution in [0.2, 0.25) is 0 Å². The largest absolute Gasteiger partial charge is 0.490 e. The van der Waals surface area contributed by atoms with Crippen molar-refractivity contribution < 1.29 is 19.4 Å². The summed E-state index contributed by atoms with van der Waals surface area (Å²) in [6.45, 7) is 3.45. The number of hydrogen-bond acceptors (Lipinski definition) is 4. The number of benzene rings is 3. The van der Waals surface area contributed by atoms with Gasteiger partial charge < -0.3 is 19.9 Å². The summed E-state index contributed by atoms with van der Waals surface area (Å²) >= 11 is 5.69. The molecule has 0 unspecified atom stereocenters. The Hall–Kier alpha value is -2.26. The van der Waals surface area contributed by atoms with Crippen LogP contribution in [0.15, 0.2) is 65.1 Å². The highest BCUT2D eigenvalue weighted by Gasteiger charge is 2.13. The van der Waals surface area contributed by atoms with Crippen LogP contribution in [0.5, 0.6) is 11.5 Å². The summed E-state index contributed by atoms with van der Waals surface area (Å²) in [5, 5.41) is 12.4. The Labute approximate surface area is 197 Å². The van der Waals surface area contributed by atoms with Gasteiger partial charge in [0.2, 0.25) is 0 Å². The third-order valence-electron chi connectivity index (χ3n) is 4.27. The molecule has 0 atom stereocenters. The van der Waals surface area contributed by atoms with Crippen molar-refractivity contribution in [1.82, 2.24) is 0 Å². The minimum Gasteiger partial charge on any atom is -0.490 e. The number of carboxylic acids is 1. The predicted octanol–water partition coefficient (Wildman–Crippen LogP) is 6.34. The Morgan fingerprint density at radius 1 is 1.07 bits per heavy atom. The lowest BCUT2D eigenvalue weighted by Crippen LogP contribution is -2.05. The number of halogens is 2. The van der Waals surface area contributed by atoms with E-state index in [9.17, 15) is 4.79 Å². The minimum absolute atomic E-state index is 0.251. The zero-order valence-corrected chi connectivity index (χ0v) is 20.1. The molecule has 30 heavy (non-hydrogen) atoms. The van der Waals surface area contributed by atoms with Crippen LogP contribution >= 0.6 is 38.5 Å². The fourth-order valence-corrected chi connectivity index (χ4v) is 3.91. The van der Waals surface area contributed by atoms with Gasteiger partial charge in [-0.1, -0.05) is 34.1 Å². The maximum atomic E-state index is 11.1. The lowest BCUT2D eigenvalue weighted by Gasteiger charge is -2.16. The van der Waals surface area contributed by atoms with Gasteiger partial charge in [0.25, 0.3) is 0 Å². The van der Waals surface area contributed by atoms with Crippen LogP contribution in [0.3, 0.4) is 0 Å². The molecule has 0 bridgehead atoms. The summed E-state index contributed by atoms with van der Waals surface area (Å²) in [4.78, 5) is 11.1. The van der Waals surface area contributed by atoms with E-state index in [1.54, 1.807) is 18.2 Å². The molecule has 0 heterocycles. The second kappa shape index (κ2) is 10.7. The maximum absolute atomic E-state index is 11.1. The Morgan fingerprint density at radius 2 is 1.83 bits per heavy atom. The van der Waals surface area contributed by atoms with E-state index in [1.165, 1.54) is 0 Å². The molecule has 3 rings (SSSR count). The molecule has 5 nitrogen and oxygen atoms in total. The molecule has 0 spiro atoms. The Bertz CT molecular complexity index is 1020. The highest BCUT2D eigenvalue weighted by atomic mass is 127. The molecule has 0 saturated carbocycles. The Morgan fingerprint density at radius 3 is 2.53 bits per heavy atom. The normalized spacial score (nSPS) is 10.5. The smallest absolute Gasteiger partial charge is 0.335 e. The first kappa shape index (κ1) is 22.4. The van der Waals surface area contributed by atoms with Gasteiger partial charge in [-0.15, -0.1) is 0 Å². The van der Waals surface area contributed by atoms with Crippen molar-refractivity contribution in [3.63, 3.8) is 0 Å². The average molecular weight is 582 g/mol. The summed E-state index contributed by atoms with van der Waals surface area (Å²) in [5.41, 5.74) is 3.08. The van der Waals surface area contributed by atoms with Gasteiger partial charge in [0.05, 0.1) is 15.7 Å². The number of aromatic carboxylic acids is 1. The number of hydrogen-bond donors (Lipinski definition) is 2. The first-order valence-corrected chi connectivity index (χ1v) is 11.2. The fourth-order valence-electron chi connectivity index (χ4n) is 2.83. The third kappa shape index (κ3) is 6.12. The first-order valence-electron chi connectivity index (χ1n) is 9.36. The number of ether oxygens (including phenoxy) is 2. The first-order chi connectivity index (χ1) is 14.5. The maximum Gasteiger partial charge on any atom is 0.335 e. The lowest BCUT2D eigenvalue weighted by molar-refractivity contribution is 0.0697. The van der Waals surface area contributed by atoms with Crippen molar-refractivity contribution in [2.75, 3.05) is 11.9 Å². The summed E-state index contributed by atoms with van der Waals surface area (Å²) in [6, 6.07) is 18.7. The van der Waals surface area contributed by atoms with Crippen LogP contribution in [-0.4, -0.2) is 17.7 Å². The molecule has 0 saturated heterocycles. The summed E-state index contributed by atoms with van der Waals surface area (Å²) < 4.78 is 13.9. The molecule has 3 aromatic carbocycles. The van der Waals surface area contributed by atoms with E-state index >= 15 is 0 Å². The molecule has 0 aliphatic heterocycles. The summed E-state index contributed by atoms with van der Waals surface area (Å²) in [7, 11) is 0. The molecule has 7 heteroatoms. The number of carboxylic acid groups (broad SMARTS) is 1. The molecular formula is C23H21BrINO4. The third-order valence-corrected chi connectivity index (χ3v) is 5.60. The predicted molar refractivity (Wildman–Crippen MR) is 130 cm³/mol. The quantitative estimate of drug-likeness (QED) is 0.289. The molecule has 3 aromatic rings. The lowest BCUT2D eigenvalue weighted by atomic mass is 10.1. The Balaban J connectivity index is 1.74. The molecule has 156 valence electrons. The van der Waals surface area contributed by atoms with Gasteiger partial charge in [0, 0.05) is 16.7 Å². The minimum atomic E-state index is -0.945. The highest BCUT2D eigenvalue weighted by molar-refractivity contribution is 14.1. The van der Waals surface area contributed by atoms with Crippen molar-refractivity contribution in [2.24, 2.45) is 0 Å². The van der Waals surface area contributed by atoms with Crippen LogP contribution in [0.1, 0.15) is 28.4 Å². The molecule has 0 amide bonds. The number of nitrogens with one attached hydrogen (secondary N) is 1. The highest BCUT2D eigenvalue weighted by Crippen LogP contribution is 2.35. The van der Waals surface area contributed by atoms with E-state index in [4.69, 9.17) is 14.6 Å². The average Bonchev–Trinajstić information content (AvgIpc) is 2.73. The number of rotatable bonds is 9. The van der Waals surface area contributed by atoms with Crippen LogP contribution in [0, 0.1) is 3.57 Å². The van der Waals surface area contributed by atoms with Crippen LogP contribution in [0.25, 0.3) is 0 Å². The second-order valence-corrected chi connectivity index (χ2v) is 8.57. The van der Waals surface area contributed by atoms with E-state index in [1.807, 2.05) is 49.4 Å². The molecule has 0 radical (unpaired) electrons. The zero-order valence-electron chi connectivity index (χ0n) is 16.3. The van der Waals surface area contributed by atoms with Gasteiger partial charge >= 0.3 is 5.97 Å². The van der Waals surface area contributed by atoms with Crippen LogP contribution in [-0.2, 0) is 13.2 Å². The van der Waals surface area contributed by atoms with E-state index in [-0.39, 0.29) is 5.56 Å². The van der Waals surface area contributed by atoms with Gasteiger partial charge in [-0.2, -0.15) is 0 Å². The topological polar surface area (TPSA) is 67.8 Å². The monoisotopic (exact) mass is 581 g/mol. The number of carbonyl (C=O) groups is 1. The number of anilines is 1. The van der Waals surface area contributed by atoms with Crippen LogP contribution < -0.4 is 14.8 Å². The van der Waals surface area contributed by atoms with Crippen LogP contribution in [0.4, 0.5) is 5.69 Å². The standard InChI is InChI=1S/C23H21BrINO4/c1-2-29-21-11-16(13-26-19-5-3-4-17(12-19)23(27)28)10-20(25)22(21)30-14-15-6-8-18(24)9-7-15/h3-12,26H,2,13-14H2,1H3,(H,27,28). The van der Waals surface area contributed by atoms with Gasteiger partial charge in [-0.3, -0.25) is 0 Å². The Kier molecular flexibility index (Phi) is 7.98. The molecule has 0 fully saturated rings. The van der Waals surface area contributed by atoms with Gasteiger partial charge in [-0.05, 0) is 83.1 Å². The van der Waals surface area contributed by atoms with Crippen molar-refractivity contribution >= 4 is 50.2 Å². The van der Waals surface area contributed by atoms with Gasteiger partial charge in [-0.25, -0.2) is 4.79 Å².